The molecule has 0 unspecified atom stereocenters. The molecule has 2 rings (SSSR count). The molecule has 106 valence electrons. The second kappa shape index (κ2) is 5.74. The molecule has 1 aromatic carbocycles. The van der Waals surface area contributed by atoms with Crippen molar-refractivity contribution in [2.75, 3.05) is 0 Å². The Morgan fingerprint density at radius 1 is 1.10 bits per heavy atom. The molecule has 0 fully saturated rings. The Labute approximate surface area is 141 Å². The Bertz CT molecular complexity index is 664. The van der Waals surface area contributed by atoms with E-state index in [0.29, 0.717) is 11.0 Å². The van der Waals surface area contributed by atoms with Crippen molar-refractivity contribution in [3.63, 3.8) is 0 Å². The summed E-state index contributed by atoms with van der Waals surface area (Å²) < 4.78 is 1.84. The summed E-state index contributed by atoms with van der Waals surface area (Å²) in [7, 11) is 0. The van der Waals surface area contributed by atoms with Gasteiger partial charge in [-0.05, 0) is 40.5 Å². The predicted molar refractivity (Wildman–Crippen MR) is 91.3 cm³/mol. The Morgan fingerprint density at radius 2 is 1.75 bits per heavy atom. The van der Waals surface area contributed by atoms with Crippen LogP contribution in [0.3, 0.4) is 0 Å². The SMILES string of the molecule is Cc1cc(-c2nc(Cl)c(Br)c(C(C)(C)C)n2)ccc1Br. The van der Waals surface area contributed by atoms with Gasteiger partial charge in [0.25, 0.3) is 0 Å². The van der Waals surface area contributed by atoms with Crippen molar-refractivity contribution in [3.8, 4) is 11.4 Å². The van der Waals surface area contributed by atoms with E-state index in [9.17, 15) is 0 Å². The molecule has 0 atom stereocenters. The van der Waals surface area contributed by atoms with Crippen LogP contribution in [0.15, 0.2) is 27.1 Å². The molecule has 0 bridgehead atoms. The number of nitrogens with zero attached hydrogens (tertiary/aromatic N) is 2. The van der Waals surface area contributed by atoms with Gasteiger partial charge in [0.15, 0.2) is 5.82 Å². The first-order chi connectivity index (χ1) is 9.20. The van der Waals surface area contributed by atoms with E-state index < -0.39 is 0 Å². The van der Waals surface area contributed by atoms with E-state index in [4.69, 9.17) is 11.6 Å². The minimum Gasteiger partial charge on any atom is -0.231 e. The van der Waals surface area contributed by atoms with Gasteiger partial charge in [-0.3, -0.25) is 0 Å². The molecule has 20 heavy (non-hydrogen) atoms. The molecule has 0 aliphatic heterocycles. The van der Waals surface area contributed by atoms with Gasteiger partial charge in [-0.15, -0.1) is 0 Å². The molecule has 0 aliphatic carbocycles. The van der Waals surface area contributed by atoms with E-state index in [-0.39, 0.29) is 5.41 Å². The second-order valence-corrected chi connectivity index (χ2v) is 7.72. The summed E-state index contributed by atoms with van der Waals surface area (Å²) in [4.78, 5) is 9.07. The third-order valence-corrected chi connectivity index (χ3v) is 5.08. The van der Waals surface area contributed by atoms with Crippen molar-refractivity contribution in [2.45, 2.75) is 33.1 Å². The number of rotatable bonds is 1. The molecule has 0 amide bonds. The van der Waals surface area contributed by atoms with Gasteiger partial charge in [0.1, 0.15) is 5.15 Å². The van der Waals surface area contributed by atoms with E-state index in [1.165, 1.54) is 0 Å². The standard InChI is InChI=1S/C15H15Br2ClN2/c1-8-7-9(5-6-10(8)16)14-19-12(15(2,3)4)11(17)13(18)20-14/h5-7H,1-4H3. The van der Waals surface area contributed by atoms with E-state index >= 15 is 0 Å². The zero-order valence-electron chi connectivity index (χ0n) is 11.8. The summed E-state index contributed by atoms with van der Waals surface area (Å²) in [5.41, 5.74) is 2.91. The Balaban J connectivity index is 2.63. The molecule has 2 aromatic rings. The van der Waals surface area contributed by atoms with Crippen molar-refractivity contribution >= 4 is 43.5 Å². The van der Waals surface area contributed by atoms with Gasteiger partial charge in [0.2, 0.25) is 0 Å². The number of benzene rings is 1. The summed E-state index contributed by atoms with van der Waals surface area (Å²) in [6, 6.07) is 6.04. The molecule has 1 heterocycles. The number of hydrogen-bond acceptors (Lipinski definition) is 2. The fraction of sp³-hybridized carbons (Fsp3) is 0.333. The molecule has 0 aliphatic rings. The lowest BCUT2D eigenvalue weighted by molar-refractivity contribution is 0.564. The van der Waals surface area contributed by atoms with Gasteiger partial charge in [0, 0.05) is 15.5 Å². The van der Waals surface area contributed by atoms with Gasteiger partial charge in [-0.25, -0.2) is 9.97 Å². The first kappa shape index (κ1) is 15.9. The molecule has 0 saturated carbocycles. The van der Waals surface area contributed by atoms with Crippen molar-refractivity contribution in [1.82, 2.24) is 9.97 Å². The van der Waals surface area contributed by atoms with Crippen LogP contribution in [-0.2, 0) is 5.41 Å². The Kier molecular flexibility index (Phi) is 4.57. The van der Waals surface area contributed by atoms with Crippen LogP contribution in [0.5, 0.6) is 0 Å². The highest BCUT2D eigenvalue weighted by atomic mass is 79.9. The minimum absolute atomic E-state index is 0.107. The number of halogens is 3. The summed E-state index contributed by atoms with van der Waals surface area (Å²) >= 11 is 13.2. The fourth-order valence-electron chi connectivity index (χ4n) is 1.83. The lowest BCUT2D eigenvalue weighted by atomic mass is 9.92. The van der Waals surface area contributed by atoms with Gasteiger partial charge in [0.05, 0.1) is 10.2 Å². The van der Waals surface area contributed by atoms with E-state index in [1.54, 1.807) is 0 Å². The van der Waals surface area contributed by atoms with Crippen LogP contribution in [0.1, 0.15) is 32.0 Å². The van der Waals surface area contributed by atoms with Crippen molar-refractivity contribution in [1.29, 1.82) is 0 Å². The smallest absolute Gasteiger partial charge is 0.161 e. The van der Waals surface area contributed by atoms with E-state index in [0.717, 1.165) is 25.8 Å². The highest BCUT2D eigenvalue weighted by Crippen LogP contribution is 2.34. The van der Waals surface area contributed by atoms with Crippen LogP contribution in [0.4, 0.5) is 0 Å². The summed E-state index contributed by atoms with van der Waals surface area (Å²) in [5.74, 6) is 0.652. The summed E-state index contributed by atoms with van der Waals surface area (Å²) in [5, 5.41) is 0.445. The molecular weight excluding hydrogens is 403 g/mol. The highest BCUT2D eigenvalue weighted by molar-refractivity contribution is 9.10. The number of aryl methyl sites for hydroxylation is 1. The van der Waals surface area contributed by atoms with Crippen molar-refractivity contribution < 1.29 is 0 Å². The fourth-order valence-corrected chi connectivity index (χ4v) is 3.02. The van der Waals surface area contributed by atoms with Crippen LogP contribution < -0.4 is 0 Å². The zero-order chi connectivity index (χ0) is 15.1. The van der Waals surface area contributed by atoms with Gasteiger partial charge < -0.3 is 0 Å². The first-order valence-electron chi connectivity index (χ1n) is 6.20. The Morgan fingerprint density at radius 3 is 2.30 bits per heavy atom. The molecule has 1 aromatic heterocycles. The average Bonchev–Trinajstić information content (AvgIpc) is 2.34. The first-order valence-corrected chi connectivity index (χ1v) is 8.16. The lowest BCUT2D eigenvalue weighted by Gasteiger charge is -2.20. The largest absolute Gasteiger partial charge is 0.231 e. The predicted octanol–water partition coefficient (Wildman–Crippen LogP) is 5.93. The van der Waals surface area contributed by atoms with Crippen LogP contribution in [-0.4, -0.2) is 9.97 Å². The average molecular weight is 419 g/mol. The quantitative estimate of drug-likeness (QED) is 0.537. The summed E-state index contributed by atoms with van der Waals surface area (Å²) in [6.45, 7) is 8.35. The van der Waals surface area contributed by atoms with Gasteiger partial charge >= 0.3 is 0 Å². The van der Waals surface area contributed by atoms with Crippen LogP contribution in [0, 0.1) is 6.92 Å². The number of aromatic nitrogens is 2. The second-order valence-electron chi connectivity index (χ2n) is 5.71. The monoisotopic (exact) mass is 416 g/mol. The van der Waals surface area contributed by atoms with Crippen LogP contribution in [0.2, 0.25) is 5.15 Å². The minimum atomic E-state index is -0.107. The third kappa shape index (κ3) is 3.23. The zero-order valence-corrected chi connectivity index (χ0v) is 15.7. The molecule has 0 saturated heterocycles. The summed E-state index contributed by atoms with van der Waals surface area (Å²) in [6.07, 6.45) is 0. The van der Waals surface area contributed by atoms with Crippen LogP contribution in [0.25, 0.3) is 11.4 Å². The van der Waals surface area contributed by atoms with Gasteiger partial charge in [-0.2, -0.15) is 0 Å². The Hall–Kier alpha value is -0.450. The molecule has 2 nitrogen and oxygen atoms in total. The third-order valence-electron chi connectivity index (χ3n) is 2.94. The molecule has 0 radical (unpaired) electrons. The topological polar surface area (TPSA) is 25.8 Å². The molecular formula is C15H15Br2ClN2. The van der Waals surface area contributed by atoms with Gasteiger partial charge in [-0.1, -0.05) is 54.4 Å². The number of hydrogen-bond donors (Lipinski definition) is 0. The maximum absolute atomic E-state index is 6.24. The maximum Gasteiger partial charge on any atom is 0.161 e. The van der Waals surface area contributed by atoms with E-state index in [2.05, 4.69) is 68.7 Å². The molecule has 0 N–H and O–H groups in total. The van der Waals surface area contributed by atoms with Crippen molar-refractivity contribution in [3.05, 3.63) is 43.6 Å². The normalized spacial score (nSPS) is 11.8. The van der Waals surface area contributed by atoms with Crippen molar-refractivity contribution in [2.24, 2.45) is 0 Å². The molecule has 0 spiro atoms. The van der Waals surface area contributed by atoms with Crippen LogP contribution >= 0.6 is 43.5 Å². The lowest BCUT2D eigenvalue weighted by Crippen LogP contribution is -2.16. The highest BCUT2D eigenvalue weighted by Gasteiger charge is 2.23. The molecule has 5 heteroatoms. The maximum atomic E-state index is 6.24. The van der Waals surface area contributed by atoms with E-state index in [1.807, 2.05) is 19.1 Å².